The van der Waals surface area contributed by atoms with Gasteiger partial charge in [0.1, 0.15) is 22.4 Å². The monoisotopic (exact) mass is 308 g/mol. The lowest BCUT2D eigenvalue weighted by Gasteiger charge is -1.98. The van der Waals surface area contributed by atoms with Crippen molar-refractivity contribution in [2.75, 3.05) is 7.11 Å². The first-order valence-electron chi connectivity index (χ1n) is 5.95. The third kappa shape index (κ3) is 4.10. The molecular formula is C15H11ClF2N2O. The Balaban J connectivity index is 2.06. The number of hydrogen-bond donors (Lipinski definition) is 0. The second-order valence-electron chi connectivity index (χ2n) is 4.06. The third-order valence-electron chi connectivity index (χ3n) is 2.60. The number of benzene rings is 2. The Morgan fingerprint density at radius 3 is 2.00 bits per heavy atom. The first-order valence-corrected chi connectivity index (χ1v) is 6.33. The van der Waals surface area contributed by atoms with Gasteiger partial charge in [0.2, 0.25) is 0 Å². The van der Waals surface area contributed by atoms with Gasteiger partial charge in [0.15, 0.2) is 0 Å². The van der Waals surface area contributed by atoms with Gasteiger partial charge in [-0.3, -0.25) is 0 Å². The van der Waals surface area contributed by atoms with Crippen LogP contribution in [0.4, 0.5) is 8.78 Å². The molecule has 0 aliphatic heterocycles. The molecule has 0 saturated heterocycles. The molecule has 2 aromatic carbocycles. The Labute approximate surface area is 125 Å². The van der Waals surface area contributed by atoms with Gasteiger partial charge in [-0.1, -0.05) is 11.6 Å². The zero-order valence-corrected chi connectivity index (χ0v) is 11.8. The average Bonchev–Trinajstić information content (AvgIpc) is 2.49. The number of rotatable bonds is 4. The molecule has 6 heteroatoms. The van der Waals surface area contributed by atoms with E-state index in [0.717, 1.165) is 23.4 Å². The van der Waals surface area contributed by atoms with E-state index >= 15 is 0 Å². The summed E-state index contributed by atoms with van der Waals surface area (Å²) >= 11 is 5.38. The standard InChI is InChI=1S/C15H11ClF2N2O/c1-21-12-4-2-10(3-5-12)8-19-20-9-11-6-13(17)15(16)14(18)7-11/h2-9H,1H3/b19-8+,20-9+. The van der Waals surface area contributed by atoms with Crippen LogP contribution in [0.25, 0.3) is 0 Å². The van der Waals surface area contributed by atoms with Crippen molar-refractivity contribution < 1.29 is 13.5 Å². The molecule has 0 saturated carbocycles. The molecule has 0 spiro atoms. The summed E-state index contributed by atoms with van der Waals surface area (Å²) in [6.07, 6.45) is 2.75. The molecule has 0 aromatic heterocycles. The predicted molar refractivity (Wildman–Crippen MR) is 79.6 cm³/mol. The first kappa shape index (κ1) is 15.1. The van der Waals surface area contributed by atoms with Crippen molar-refractivity contribution in [3.8, 4) is 5.75 Å². The molecule has 0 radical (unpaired) electrons. The van der Waals surface area contributed by atoms with E-state index in [9.17, 15) is 8.78 Å². The maximum atomic E-state index is 13.2. The number of nitrogens with zero attached hydrogens (tertiary/aromatic N) is 2. The SMILES string of the molecule is COc1ccc(/C=N/N=C/c2cc(F)c(Cl)c(F)c2)cc1. The second-order valence-corrected chi connectivity index (χ2v) is 4.44. The maximum absolute atomic E-state index is 13.2. The lowest BCUT2D eigenvalue weighted by Crippen LogP contribution is -1.89. The van der Waals surface area contributed by atoms with Gasteiger partial charge in [0.05, 0.1) is 19.5 Å². The van der Waals surface area contributed by atoms with Gasteiger partial charge < -0.3 is 4.74 Å². The van der Waals surface area contributed by atoms with E-state index in [2.05, 4.69) is 10.2 Å². The molecule has 0 fully saturated rings. The van der Waals surface area contributed by atoms with Crippen molar-refractivity contribution >= 4 is 24.0 Å². The van der Waals surface area contributed by atoms with Crippen LogP contribution in [0, 0.1) is 11.6 Å². The van der Waals surface area contributed by atoms with Gasteiger partial charge in [-0.15, -0.1) is 0 Å². The van der Waals surface area contributed by atoms with Crippen molar-refractivity contribution in [3.63, 3.8) is 0 Å². The fraction of sp³-hybridized carbons (Fsp3) is 0.0667. The van der Waals surface area contributed by atoms with Crippen LogP contribution in [0.1, 0.15) is 11.1 Å². The zero-order chi connectivity index (χ0) is 15.2. The summed E-state index contributed by atoms with van der Waals surface area (Å²) in [5.41, 5.74) is 1.06. The minimum atomic E-state index is -0.836. The predicted octanol–water partition coefficient (Wildman–Crippen LogP) is 4.08. The second kappa shape index (κ2) is 6.95. The minimum Gasteiger partial charge on any atom is -0.497 e. The highest BCUT2D eigenvalue weighted by atomic mass is 35.5. The lowest BCUT2D eigenvalue weighted by atomic mass is 10.2. The molecule has 0 aliphatic carbocycles. The quantitative estimate of drug-likeness (QED) is 0.476. The molecule has 21 heavy (non-hydrogen) atoms. The summed E-state index contributed by atoms with van der Waals surface area (Å²) in [6.45, 7) is 0. The van der Waals surface area contributed by atoms with Gasteiger partial charge in [0, 0.05) is 5.56 Å². The largest absolute Gasteiger partial charge is 0.497 e. The topological polar surface area (TPSA) is 34.0 Å². The number of hydrogen-bond acceptors (Lipinski definition) is 3. The van der Waals surface area contributed by atoms with Gasteiger partial charge in [0.25, 0.3) is 0 Å². The fourth-order valence-electron chi connectivity index (χ4n) is 1.54. The summed E-state index contributed by atoms with van der Waals surface area (Å²) in [4.78, 5) is 0. The van der Waals surface area contributed by atoms with Gasteiger partial charge >= 0.3 is 0 Å². The van der Waals surface area contributed by atoms with E-state index in [-0.39, 0.29) is 5.56 Å². The molecule has 0 unspecified atom stereocenters. The van der Waals surface area contributed by atoms with Crippen LogP contribution in [0.3, 0.4) is 0 Å². The Hall–Kier alpha value is -2.27. The Morgan fingerprint density at radius 2 is 1.48 bits per heavy atom. The number of methoxy groups -OCH3 is 1. The van der Waals surface area contributed by atoms with Gasteiger partial charge in [-0.05, 0) is 42.0 Å². The van der Waals surface area contributed by atoms with Crippen LogP contribution in [0.2, 0.25) is 5.02 Å². The fourth-order valence-corrected chi connectivity index (χ4v) is 1.65. The normalized spacial score (nSPS) is 11.4. The summed E-state index contributed by atoms with van der Waals surface area (Å²) in [7, 11) is 1.58. The Bertz CT molecular complexity index is 662. The highest BCUT2D eigenvalue weighted by Gasteiger charge is 2.07. The van der Waals surface area contributed by atoms with Crippen molar-refractivity contribution in [1.82, 2.24) is 0 Å². The highest BCUT2D eigenvalue weighted by Crippen LogP contribution is 2.19. The van der Waals surface area contributed by atoms with Crippen molar-refractivity contribution in [2.45, 2.75) is 0 Å². The van der Waals surface area contributed by atoms with Crippen LogP contribution in [0.15, 0.2) is 46.6 Å². The average molecular weight is 309 g/mol. The molecule has 0 amide bonds. The molecule has 108 valence electrons. The van der Waals surface area contributed by atoms with Crippen molar-refractivity contribution in [2.24, 2.45) is 10.2 Å². The smallest absolute Gasteiger partial charge is 0.145 e. The first-order chi connectivity index (χ1) is 10.1. The summed E-state index contributed by atoms with van der Waals surface area (Å²) in [5, 5.41) is 6.99. The van der Waals surface area contributed by atoms with E-state index < -0.39 is 16.7 Å². The summed E-state index contributed by atoms with van der Waals surface area (Å²) in [5.74, 6) is -0.933. The van der Waals surface area contributed by atoms with Crippen molar-refractivity contribution in [1.29, 1.82) is 0 Å². The zero-order valence-electron chi connectivity index (χ0n) is 11.1. The molecule has 2 rings (SSSR count). The number of ether oxygens (including phenoxy) is 1. The van der Waals surface area contributed by atoms with Gasteiger partial charge in [-0.25, -0.2) is 8.78 Å². The maximum Gasteiger partial charge on any atom is 0.145 e. The highest BCUT2D eigenvalue weighted by molar-refractivity contribution is 6.30. The molecule has 2 aromatic rings. The van der Waals surface area contributed by atoms with Gasteiger partial charge in [-0.2, -0.15) is 10.2 Å². The summed E-state index contributed by atoms with van der Waals surface area (Å²) in [6, 6.07) is 9.35. The third-order valence-corrected chi connectivity index (χ3v) is 2.96. The number of halogens is 3. The van der Waals surface area contributed by atoms with E-state index in [1.165, 1.54) is 12.4 Å². The molecule has 0 N–H and O–H groups in total. The molecular weight excluding hydrogens is 298 g/mol. The van der Waals surface area contributed by atoms with Crippen LogP contribution >= 0.6 is 11.6 Å². The summed E-state index contributed by atoms with van der Waals surface area (Å²) < 4.78 is 31.4. The van der Waals surface area contributed by atoms with Crippen LogP contribution in [-0.4, -0.2) is 19.5 Å². The van der Waals surface area contributed by atoms with E-state index in [1.54, 1.807) is 31.4 Å². The molecule has 0 atom stereocenters. The van der Waals surface area contributed by atoms with E-state index in [0.29, 0.717) is 0 Å². The van der Waals surface area contributed by atoms with Crippen molar-refractivity contribution in [3.05, 3.63) is 64.2 Å². The van der Waals surface area contributed by atoms with E-state index in [1.807, 2.05) is 0 Å². The van der Waals surface area contributed by atoms with Crippen LogP contribution < -0.4 is 4.74 Å². The van der Waals surface area contributed by atoms with E-state index in [4.69, 9.17) is 16.3 Å². The Kier molecular flexibility index (Phi) is 5.00. The van der Waals surface area contributed by atoms with Crippen LogP contribution in [-0.2, 0) is 0 Å². The lowest BCUT2D eigenvalue weighted by molar-refractivity contribution is 0.415. The molecule has 0 heterocycles. The molecule has 0 bridgehead atoms. The van der Waals surface area contributed by atoms with Crippen LogP contribution in [0.5, 0.6) is 5.75 Å². The molecule has 3 nitrogen and oxygen atoms in total. The minimum absolute atomic E-state index is 0.237. The Morgan fingerprint density at radius 1 is 0.952 bits per heavy atom. The molecule has 0 aliphatic rings.